The summed E-state index contributed by atoms with van der Waals surface area (Å²) < 4.78 is 9.99. The lowest BCUT2D eigenvalue weighted by molar-refractivity contribution is 0.144. The number of hydrogen-bond acceptors (Lipinski definition) is 3. The summed E-state index contributed by atoms with van der Waals surface area (Å²) in [5.41, 5.74) is 0. The van der Waals surface area contributed by atoms with E-state index in [9.17, 15) is 4.79 Å². The van der Waals surface area contributed by atoms with Gasteiger partial charge in [-0.2, -0.15) is 0 Å². The number of furan rings is 1. The Morgan fingerprint density at radius 2 is 2.44 bits per heavy atom. The van der Waals surface area contributed by atoms with Crippen molar-refractivity contribution in [2.75, 3.05) is 6.61 Å². The van der Waals surface area contributed by atoms with Crippen molar-refractivity contribution in [1.82, 2.24) is 5.32 Å². The number of hydrogen-bond donors (Lipinski definition) is 1. The first-order chi connectivity index (χ1) is 7.68. The minimum Gasteiger partial charge on any atom is -0.465 e. The van der Waals surface area contributed by atoms with Gasteiger partial charge in [0.05, 0.1) is 12.9 Å². The summed E-state index contributed by atoms with van der Waals surface area (Å²) in [5.74, 6) is 1.22. The van der Waals surface area contributed by atoms with Crippen molar-refractivity contribution in [2.45, 2.75) is 20.3 Å². The van der Waals surface area contributed by atoms with Gasteiger partial charge in [-0.3, -0.25) is 5.32 Å². The minimum absolute atomic E-state index is 0.441. The molecule has 1 N–H and O–H groups in total. The lowest BCUT2D eigenvalue weighted by Gasteiger charge is -2.05. The fourth-order valence-corrected chi connectivity index (χ4v) is 1.01. The molecule has 0 radical (unpaired) electrons. The number of nitrogens with one attached hydrogen (secondary N) is 1. The summed E-state index contributed by atoms with van der Waals surface area (Å²) in [6.07, 6.45) is 5.15. The predicted octanol–water partition coefficient (Wildman–Crippen LogP) is 3.02. The lowest BCUT2D eigenvalue weighted by atomic mass is 10.1. The van der Waals surface area contributed by atoms with E-state index >= 15 is 0 Å². The van der Waals surface area contributed by atoms with E-state index in [2.05, 4.69) is 19.2 Å². The highest BCUT2D eigenvalue weighted by Gasteiger charge is 1.99. The first kappa shape index (κ1) is 12.4. The highest BCUT2D eigenvalue weighted by Crippen LogP contribution is 2.01. The average Bonchev–Trinajstić information content (AvgIpc) is 2.70. The number of rotatable bonds is 5. The quantitative estimate of drug-likeness (QED) is 0.834. The van der Waals surface area contributed by atoms with E-state index in [1.807, 2.05) is 0 Å². The first-order valence-corrected chi connectivity index (χ1v) is 5.32. The summed E-state index contributed by atoms with van der Waals surface area (Å²) >= 11 is 0. The first-order valence-electron chi connectivity index (χ1n) is 5.32. The van der Waals surface area contributed by atoms with Gasteiger partial charge >= 0.3 is 6.09 Å². The van der Waals surface area contributed by atoms with Gasteiger partial charge < -0.3 is 9.15 Å². The molecule has 0 spiro atoms. The molecule has 0 aliphatic rings. The number of carbonyl (C=O) groups excluding carboxylic acids is 1. The fraction of sp³-hybridized carbons (Fsp3) is 0.417. The molecule has 1 amide bonds. The molecule has 88 valence electrons. The van der Waals surface area contributed by atoms with Crippen LogP contribution in [0.25, 0.3) is 6.08 Å². The van der Waals surface area contributed by atoms with Crippen molar-refractivity contribution in [3.05, 3.63) is 30.4 Å². The summed E-state index contributed by atoms with van der Waals surface area (Å²) in [5, 5.41) is 2.49. The fourth-order valence-electron chi connectivity index (χ4n) is 1.01. The Kier molecular flexibility index (Phi) is 5.19. The van der Waals surface area contributed by atoms with Crippen LogP contribution in [0, 0.1) is 5.92 Å². The number of ether oxygens (including phenoxy) is 1. The molecule has 0 aliphatic carbocycles. The molecule has 4 nitrogen and oxygen atoms in total. The van der Waals surface area contributed by atoms with Gasteiger partial charge in [0.2, 0.25) is 0 Å². The highest BCUT2D eigenvalue weighted by molar-refractivity contribution is 5.69. The van der Waals surface area contributed by atoms with Crippen molar-refractivity contribution in [3.63, 3.8) is 0 Å². The molecule has 0 saturated carbocycles. The molecule has 16 heavy (non-hydrogen) atoms. The number of alkyl carbamates (subject to hydrolysis) is 1. The van der Waals surface area contributed by atoms with Gasteiger partial charge in [0.25, 0.3) is 0 Å². The second-order valence-corrected chi connectivity index (χ2v) is 3.81. The Hall–Kier alpha value is -1.71. The van der Waals surface area contributed by atoms with Crippen LogP contribution in [0.4, 0.5) is 4.79 Å². The lowest BCUT2D eigenvalue weighted by Crippen LogP contribution is -2.19. The second kappa shape index (κ2) is 6.71. The third kappa shape index (κ3) is 5.24. The molecule has 0 aliphatic heterocycles. The Balaban J connectivity index is 2.15. The topological polar surface area (TPSA) is 51.5 Å². The van der Waals surface area contributed by atoms with Crippen molar-refractivity contribution in [2.24, 2.45) is 5.92 Å². The van der Waals surface area contributed by atoms with Crippen LogP contribution < -0.4 is 5.32 Å². The zero-order valence-electron chi connectivity index (χ0n) is 9.60. The van der Waals surface area contributed by atoms with Crippen LogP contribution in [0.3, 0.4) is 0 Å². The molecule has 1 aromatic rings. The van der Waals surface area contributed by atoms with Gasteiger partial charge in [0.15, 0.2) is 0 Å². The molecule has 0 bridgehead atoms. The standard InChI is InChI=1S/C12H17NO3/c1-10(2)6-9-16-12(14)13-7-5-11-4-3-8-15-11/h3-5,7-8,10H,6,9H2,1-2H3,(H,13,14). The molecular weight excluding hydrogens is 206 g/mol. The van der Waals surface area contributed by atoms with E-state index in [-0.39, 0.29) is 0 Å². The monoisotopic (exact) mass is 223 g/mol. The van der Waals surface area contributed by atoms with Gasteiger partial charge in [0.1, 0.15) is 5.76 Å². The second-order valence-electron chi connectivity index (χ2n) is 3.81. The van der Waals surface area contributed by atoms with Crippen LogP contribution in [-0.4, -0.2) is 12.7 Å². The zero-order chi connectivity index (χ0) is 11.8. The third-order valence-electron chi connectivity index (χ3n) is 1.92. The molecule has 0 aromatic carbocycles. The molecular formula is C12H17NO3. The largest absolute Gasteiger partial charge is 0.465 e. The van der Waals surface area contributed by atoms with Crippen LogP contribution >= 0.6 is 0 Å². The maximum atomic E-state index is 11.1. The molecule has 0 fully saturated rings. The van der Waals surface area contributed by atoms with Crippen LogP contribution in [0.15, 0.2) is 29.0 Å². The minimum atomic E-state index is -0.441. The Morgan fingerprint density at radius 1 is 1.62 bits per heavy atom. The van der Waals surface area contributed by atoms with E-state index < -0.39 is 6.09 Å². The summed E-state index contributed by atoms with van der Waals surface area (Å²) in [4.78, 5) is 11.1. The van der Waals surface area contributed by atoms with Crippen LogP contribution in [-0.2, 0) is 4.74 Å². The van der Waals surface area contributed by atoms with Crippen LogP contribution in [0.5, 0.6) is 0 Å². The maximum Gasteiger partial charge on any atom is 0.411 e. The summed E-state index contributed by atoms with van der Waals surface area (Å²) in [7, 11) is 0. The maximum absolute atomic E-state index is 11.1. The molecule has 1 rings (SSSR count). The highest BCUT2D eigenvalue weighted by atomic mass is 16.5. The zero-order valence-corrected chi connectivity index (χ0v) is 9.60. The van der Waals surface area contributed by atoms with Crippen molar-refractivity contribution in [3.8, 4) is 0 Å². The van der Waals surface area contributed by atoms with Crippen LogP contribution in [0.1, 0.15) is 26.0 Å². The third-order valence-corrected chi connectivity index (χ3v) is 1.92. The molecule has 0 atom stereocenters. The van der Waals surface area contributed by atoms with Gasteiger partial charge in [-0.1, -0.05) is 13.8 Å². The summed E-state index contributed by atoms with van der Waals surface area (Å²) in [6.45, 7) is 4.61. The Morgan fingerprint density at radius 3 is 3.06 bits per heavy atom. The van der Waals surface area contributed by atoms with Crippen molar-refractivity contribution >= 4 is 12.2 Å². The van der Waals surface area contributed by atoms with E-state index in [0.717, 1.165) is 6.42 Å². The summed E-state index contributed by atoms with van der Waals surface area (Å²) in [6, 6.07) is 3.57. The smallest absolute Gasteiger partial charge is 0.411 e. The molecule has 1 aromatic heterocycles. The van der Waals surface area contributed by atoms with Gasteiger partial charge in [0, 0.05) is 6.20 Å². The van der Waals surface area contributed by atoms with Gasteiger partial charge in [-0.25, -0.2) is 4.79 Å². The van der Waals surface area contributed by atoms with Gasteiger partial charge in [-0.15, -0.1) is 0 Å². The van der Waals surface area contributed by atoms with Gasteiger partial charge in [-0.05, 0) is 30.5 Å². The van der Waals surface area contributed by atoms with E-state index in [0.29, 0.717) is 18.3 Å². The van der Waals surface area contributed by atoms with Crippen LogP contribution in [0.2, 0.25) is 0 Å². The number of amides is 1. The van der Waals surface area contributed by atoms with E-state index in [1.54, 1.807) is 24.5 Å². The number of carbonyl (C=O) groups is 1. The predicted molar refractivity (Wildman–Crippen MR) is 61.7 cm³/mol. The van der Waals surface area contributed by atoms with Crippen molar-refractivity contribution < 1.29 is 13.9 Å². The normalized spacial score (nSPS) is 10.9. The van der Waals surface area contributed by atoms with E-state index in [4.69, 9.17) is 9.15 Å². The van der Waals surface area contributed by atoms with Crippen molar-refractivity contribution in [1.29, 1.82) is 0 Å². The van der Waals surface area contributed by atoms with E-state index in [1.165, 1.54) is 6.20 Å². The molecule has 1 heterocycles. The molecule has 0 unspecified atom stereocenters. The Bertz CT molecular complexity index is 328. The Labute approximate surface area is 95.3 Å². The molecule has 0 saturated heterocycles. The average molecular weight is 223 g/mol. The SMILES string of the molecule is CC(C)CCOC(=O)NC=Cc1ccco1. The molecule has 4 heteroatoms.